The third-order valence-electron chi connectivity index (χ3n) is 1.29. The van der Waals surface area contributed by atoms with Crippen LogP contribution in [0.1, 0.15) is 6.92 Å². The molecule has 0 radical (unpaired) electrons. The third kappa shape index (κ3) is 1.01. The molecule has 5 heteroatoms. The van der Waals surface area contributed by atoms with Crippen LogP contribution in [0, 0.1) is 0 Å². The van der Waals surface area contributed by atoms with E-state index < -0.39 is 0 Å². The van der Waals surface area contributed by atoms with Gasteiger partial charge in [0.15, 0.2) is 0 Å². The molecule has 56 valence electrons. The Morgan fingerprint density at radius 3 is 2.50 bits per heavy atom. The van der Waals surface area contributed by atoms with Gasteiger partial charge in [0, 0.05) is 13.6 Å². The summed E-state index contributed by atoms with van der Waals surface area (Å²) in [5.41, 5.74) is -0.0885. The second kappa shape index (κ2) is 2.57. The van der Waals surface area contributed by atoms with E-state index in [1.54, 1.807) is 7.05 Å². The lowest BCUT2D eigenvalue weighted by molar-refractivity contribution is 0.622. The van der Waals surface area contributed by atoms with Crippen LogP contribution in [0.3, 0.4) is 0 Å². The average molecular weight is 206 g/mol. The molecule has 0 fully saturated rings. The van der Waals surface area contributed by atoms with Gasteiger partial charge in [-0.05, 0) is 22.9 Å². The van der Waals surface area contributed by atoms with Crippen molar-refractivity contribution < 1.29 is 0 Å². The Hall–Kier alpha value is -0.580. The number of aromatic nitrogens is 3. The Bertz CT molecular complexity index is 288. The minimum absolute atomic E-state index is 0.0885. The van der Waals surface area contributed by atoms with Crippen molar-refractivity contribution in [1.29, 1.82) is 0 Å². The fourth-order valence-corrected chi connectivity index (χ4v) is 1.01. The van der Waals surface area contributed by atoms with Crippen molar-refractivity contribution in [2.24, 2.45) is 7.05 Å². The number of rotatable bonds is 1. The molecule has 0 aliphatic heterocycles. The Labute approximate surface area is 66.6 Å². The summed E-state index contributed by atoms with van der Waals surface area (Å²) in [6, 6.07) is 0. The normalized spacial score (nSPS) is 10.3. The van der Waals surface area contributed by atoms with Crippen LogP contribution in [0.4, 0.5) is 0 Å². The standard InChI is InChI=1S/C5H8BrN3O/c1-3-9-5(10)8(2)4(6)7-9/h3H2,1-2H3. The monoisotopic (exact) mass is 205 g/mol. The summed E-state index contributed by atoms with van der Waals surface area (Å²) < 4.78 is 3.41. The molecule has 0 saturated carbocycles. The van der Waals surface area contributed by atoms with Gasteiger partial charge in [-0.25, -0.2) is 9.48 Å². The number of halogens is 1. The lowest BCUT2D eigenvalue weighted by Gasteiger charge is -1.86. The summed E-state index contributed by atoms with van der Waals surface area (Å²) in [5, 5.41) is 3.91. The van der Waals surface area contributed by atoms with Crippen molar-refractivity contribution in [1.82, 2.24) is 14.3 Å². The summed E-state index contributed by atoms with van der Waals surface area (Å²) in [4.78, 5) is 11.1. The molecule has 0 unspecified atom stereocenters. The van der Waals surface area contributed by atoms with Gasteiger partial charge in [0.1, 0.15) is 0 Å². The SMILES string of the molecule is CCn1nc(Br)n(C)c1=O. The van der Waals surface area contributed by atoms with Crippen LogP contribution >= 0.6 is 15.9 Å². The van der Waals surface area contributed by atoms with Gasteiger partial charge in [0.25, 0.3) is 0 Å². The van der Waals surface area contributed by atoms with Gasteiger partial charge < -0.3 is 0 Å². The molecule has 0 atom stereocenters. The smallest absolute Gasteiger partial charge is 0.273 e. The van der Waals surface area contributed by atoms with Crippen molar-refractivity contribution in [2.45, 2.75) is 13.5 Å². The summed E-state index contributed by atoms with van der Waals surface area (Å²) in [7, 11) is 1.67. The second-order valence-electron chi connectivity index (χ2n) is 1.93. The molecule has 0 spiro atoms. The molecule has 1 aromatic heterocycles. The van der Waals surface area contributed by atoms with E-state index in [1.165, 1.54) is 9.25 Å². The average Bonchev–Trinajstić information content (AvgIpc) is 2.17. The Balaban J connectivity index is 3.31. The minimum atomic E-state index is -0.0885. The molecule has 0 saturated heterocycles. The van der Waals surface area contributed by atoms with Crippen LogP contribution in [0.15, 0.2) is 9.53 Å². The summed E-state index contributed by atoms with van der Waals surface area (Å²) >= 11 is 3.14. The topological polar surface area (TPSA) is 39.8 Å². The van der Waals surface area contributed by atoms with Crippen LogP contribution in [-0.4, -0.2) is 14.3 Å². The van der Waals surface area contributed by atoms with Crippen LogP contribution in [-0.2, 0) is 13.6 Å². The van der Waals surface area contributed by atoms with E-state index in [1.807, 2.05) is 6.92 Å². The maximum atomic E-state index is 11.1. The molecular formula is C5H8BrN3O. The summed E-state index contributed by atoms with van der Waals surface area (Å²) in [6.07, 6.45) is 0. The quantitative estimate of drug-likeness (QED) is 0.665. The Morgan fingerprint density at radius 2 is 2.30 bits per heavy atom. The van der Waals surface area contributed by atoms with Crippen molar-refractivity contribution in [3.05, 3.63) is 15.2 Å². The van der Waals surface area contributed by atoms with E-state index in [4.69, 9.17) is 0 Å². The molecule has 0 N–H and O–H groups in total. The molecule has 4 nitrogen and oxygen atoms in total. The van der Waals surface area contributed by atoms with Gasteiger partial charge in [-0.3, -0.25) is 4.57 Å². The number of hydrogen-bond acceptors (Lipinski definition) is 2. The fourth-order valence-electron chi connectivity index (χ4n) is 0.668. The largest absolute Gasteiger partial charge is 0.346 e. The molecule has 1 aromatic rings. The van der Waals surface area contributed by atoms with Gasteiger partial charge in [-0.2, -0.15) is 0 Å². The predicted octanol–water partition coefficient (Wildman–Crippen LogP) is 0.364. The molecular weight excluding hydrogens is 198 g/mol. The molecule has 1 heterocycles. The highest BCUT2D eigenvalue weighted by molar-refractivity contribution is 9.10. The first-order valence-corrected chi connectivity index (χ1v) is 3.75. The summed E-state index contributed by atoms with van der Waals surface area (Å²) in [6.45, 7) is 2.49. The zero-order valence-electron chi connectivity index (χ0n) is 5.83. The van der Waals surface area contributed by atoms with E-state index in [2.05, 4.69) is 21.0 Å². The molecule has 0 bridgehead atoms. The lowest BCUT2D eigenvalue weighted by atomic mass is 10.8. The highest BCUT2D eigenvalue weighted by Gasteiger charge is 2.03. The van der Waals surface area contributed by atoms with Crippen LogP contribution < -0.4 is 5.69 Å². The van der Waals surface area contributed by atoms with Gasteiger partial charge in [-0.15, -0.1) is 5.10 Å². The fraction of sp³-hybridized carbons (Fsp3) is 0.600. The van der Waals surface area contributed by atoms with Gasteiger partial charge in [0.2, 0.25) is 4.73 Å². The van der Waals surface area contributed by atoms with Crippen LogP contribution in [0.5, 0.6) is 0 Å². The van der Waals surface area contributed by atoms with E-state index in [9.17, 15) is 4.79 Å². The first kappa shape index (κ1) is 7.53. The maximum Gasteiger partial charge on any atom is 0.346 e. The molecule has 1 rings (SSSR count). The van der Waals surface area contributed by atoms with Crippen LogP contribution in [0.2, 0.25) is 0 Å². The Kier molecular flexibility index (Phi) is 1.94. The molecule has 0 amide bonds. The number of nitrogens with zero attached hydrogens (tertiary/aromatic N) is 3. The van der Waals surface area contributed by atoms with Crippen molar-refractivity contribution >= 4 is 15.9 Å². The van der Waals surface area contributed by atoms with Gasteiger partial charge in [0.05, 0.1) is 0 Å². The van der Waals surface area contributed by atoms with E-state index in [0.29, 0.717) is 11.3 Å². The van der Waals surface area contributed by atoms with Crippen LogP contribution in [0.25, 0.3) is 0 Å². The molecule has 0 aromatic carbocycles. The highest BCUT2D eigenvalue weighted by atomic mass is 79.9. The van der Waals surface area contributed by atoms with Crippen molar-refractivity contribution in [3.63, 3.8) is 0 Å². The molecule has 10 heavy (non-hydrogen) atoms. The minimum Gasteiger partial charge on any atom is -0.273 e. The maximum absolute atomic E-state index is 11.1. The third-order valence-corrected chi connectivity index (χ3v) is 1.98. The van der Waals surface area contributed by atoms with Crippen molar-refractivity contribution in [3.8, 4) is 0 Å². The zero-order valence-corrected chi connectivity index (χ0v) is 7.42. The van der Waals surface area contributed by atoms with Gasteiger partial charge in [-0.1, -0.05) is 0 Å². The number of aryl methyl sites for hydroxylation is 1. The predicted molar refractivity (Wildman–Crippen MR) is 40.8 cm³/mol. The zero-order chi connectivity index (χ0) is 7.72. The van der Waals surface area contributed by atoms with E-state index in [0.717, 1.165) is 0 Å². The van der Waals surface area contributed by atoms with E-state index >= 15 is 0 Å². The molecule has 0 aliphatic rings. The summed E-state index contributed by atoms with van der Waals surface area (Å²) in [5.74, 6) is 0. The lowest BCUT2D eigenvalue weighted by Crippen LogP contribution is -2.22. The highest BCUT2D eigenvalue weighted by Crippen LogP contribution is 1.98. The molecule has 0 aliphatic carbocycles. The number of hydrogen-bond donors (Lipinski definition) is 0. The second-order valence-corrected chi connectivity index (χ2v) is 2.64. The van der Waals surface area contributed by atoms with E-state index in [-0.39, 0.29) is 5.69 Å². The Morgan fingerprint density at radius 1 is 1.70 bits per heavy atom. The first-order valence-electron chi connectivity index (χ1n) is 2.96. The first-order chi connectivity index (χ1) is 4.66. The van der Waals surface area contributed by atoms with Gasteiger partial charge >= 0.3 is 5.69 Å². The van der Waals surface area contributed by atoms with Crippen molar-refractivity contribution in [2.75, 3.05) is 0 Å².